The first-order valence-electron chi connectivity index (χ1n) is 6.94. The standard InChI is InChI=1S/C15H12FN3O4S/c16-10-3-5-11(6-4-10)24(21,22)9-8-18-15(20)13-12-2-1-7-17-14(12)19-23-13/h1-7H,8-9H2,(H,18,20). The van der Waals surface area contributed by atoms with E-state index in [9.17, 15) is 17.6 Å². The number of amides is 1. The minimum Gasteiger partial charge on any atom is -0.348 e. The predicted molar refractivity (Wildman–Crippen MR) is 82.6 cm³/mol. The maximum Gasteiger partial charge on any atom is 0.290 e. The number of carbonyl (C=O) groups is 1. The van der Waals surface area contributed by atoms with Crippen molar-refractivity contribution in [3.63, 3.8) is 0 Å². The topological polar surface area (TPSA) is 102 Å². The summed E-state index contributed by atoms with van der Waals surface area (Å²) in [7, 11) is -3.62. The minimum absolute atomic E-state index is 0.00698. The Bertz CT molecular complexity index is 983. The average Bonchev–Trinajstić information content (AvgIpc) is 2.99. The summed E-state index contributed by atoms with van der Waals surface area (Å²) in [5.41, 5.74) is 0.293. The van der Waals surface area contributed by atoms with Crippen LogP contribution in [0, 0.1) is 5.82 Å². The molecule has 1 aromatic carbocycles. The summed E-state index contributed by atoms with van der Waals surface area (Å²) >= 11 is 0. The summed E-state index contributed by atoms with van der Waals surface area (Å²) in [6.45, 7) is -0.124. The van der Waals surface area contributed by atoms with E-state index in [1.165, 1.54) is 18.3 Å². The van der Waals surface area contributed by atoms with Crippen molar-refractivity contribution in [3.05, 3.63) is 54.2 Å². The van der Waals surface area contributed by atoms with Crippen molar-refractivity contribution >= 4 is 26.8 Å². The van der Waals surface area contributed by atoms with E-state index in [4.69, 9.17) is 4.52 Å². The van der Waals surface area contributed by atoms with Gasteiger partial charge in [-0.3, -0.25) is 4.79 Å². The lowest BCUT2D eigenvalue weighted by atomic mass is 10.2. The molecule has 0 saturated carbocycles. The van der Waals surface area contributed by atoms with Gasteiger partial charge >= 0.3 is 0 Å². The molecule has 0 atom stereocenters. The number of fused-ring (bicyclic) bond motifs is 1. The molecule has 0 aliphatic carbocycles. The monoisotopic (exact) mass is 349 g/mol. The maximum absolute atomic E-state index is 12.8. The highest BCUT2D eigenvalue weighted by atomic mass is 32.2. The number of pyridine rings is 1. The highest BCUT2D eigenvalue weighted by Crippen LogP contribution is 2.15. The van der Waals surface area contributed by atoms with Gasteiger partial charge < -0.3 is 9.84 Å². The predicted octanol–water partition coefficient (Wildman–Crippen LogP) is 1.57. The number of hydrogen-bond acceptors (Lipinski definition) is 6. The molecule has 124 valence electrons. The molecule has 9 heteroatoms. The number of carbonyl (C=O) groups excluding carboxylic acids is 1. The lowest BCUT2D eigenvalue weighted by molar-refractivity contribution is 0.0922. The van der Waals surface area contributed by atoms with Crippen LogP contribution in [0.2, 0.25) is 0 Å². The van der Waals surface area contributed by atoms with Crippen molar-refractivity contribution in [2.24, 2.45) is 0 Å². The van der Waals surface area contributed by atoms with Crippen molar-refractivity contribution in [3.8, 4) is 0 Å². The summed E-state index contributed by atoms with van der Waals surface area (Å²) < 4.78 is 42.0. The first-order valence-corrected chi connectivity index (χ1v) is 8.59. The molecule has 0 aliphatic heterocycles. The van der Waals surface area contributed by atoms with E-state index in [1.807, 2.05) is 0 Å². The van der Waals surface area contributed by atoms with Crippen LogP contribution in [0.5, 0.6) is 0 Å². The first kappa shape index (κ1) is 16.1. The van der Waals surface area contributed by atoms with Gasteiger partial charge in [0.25, 0.3) is 5.91 Å². The third kappa shape index (κ3) is 3.25. The molecule has 1 N–H and O–H groups in total. The van der Waals surface area contributed by atoms with Crippen LogP contribution in [-0.2, 0) is 9.84 Å². The van der Waals surface area contributed by atoms with Crippen LogP contribution in [0.15, 0.2) is 52.0 Å². The van der Waals surface area contributed by atoms with Crippen LogP contribution >= 0.6 is 0 Å². The van der Waals surface area contributed by atoms with Gasteiger partial charge in [-0.15, -0.1) is 0 Å². The molecule has 3 aromatic rings. The summed E-state index contributed by atoms with van der Waals surface area (Å²) in [6, 6.07) is 7.76. The van der Waals surface area contributed by atoms with Gasteiger partial charge in [-0.05, 0) is 36.4 Å². The third-order valence-corrected chi connectivity index (χ3v) is 5.02. The van der Waals surface area contributed by atoms with Gasteiger partial charge in [-0.25, -0.2) is 17.8 Å². The highest BCUT2D eigenvalue weighted by molar-refractivity contribution is 7.91. The van der Waals surface area contributed by atoms with E-state index in [0.29, 0.717) is 11.0 Å². The fraction of sp³-hybridized carbons (Fsp3) is 0.133. The Kier molecular flexibility index (Phi) is 4.26. The van der Waals surface area contributed by atoms with E-state index < -0.39 is 21.6 Å². The van der Waals surface area contributed by atoms with Crippen molar-refractivity contribution in [2.75, 3.05) is 12.3 Å². The number of hydrogen-bond donors (Lipinski definition) is 1. The van der Waals surface area contributed by atoms with Gasteiger partial charge in [0.15, 0.2) is 9.84 Å². The van der Waals surface area contributed by atoms with E-state index in [-0.39, 0.29) is 23.0 Å². The zero-order valence-electron chi connectivity index (χ0n) is 12.3. The van der Waals surface area contributed by atoms with Gasteiger partial charge in [0.1, 0.15) is 5.82 Å². The normalized spacial score (nSPS) is 11.5. The van der Waals surface area contributed by atoms with Gasteiger partial charge in [-0.1, -0.05) is 5.16 Å². The van der Waals surface area contributed by atoms with Crippen LogP contribution in [-0.4, -0.2) is 36.8 Å². The van der Waals surface area contributed by atoms with Crippen LogP contribution < -0.4 is 5.32 Å². The fourth-order valence-corrected chi connectivity index (χ4v) is 3.25. The molecule has 0 spiro atoms. The second kappa shape index (κ2) is 6.36. The van der Waals surface area contributed by atoms with Gasteiger partial charge in [-0.2, -0.15) is 0 Å². The Morgan fingerprint density at radius 2 is 1.96 bits per heavy atom. The molecule has 0 radical (unpaired) electrons. The number of sulfone groups is 1. The largest absolute Gasteiger partial charge is 0.348 e. The van der Waals surface area contributed by atoms with E-state index in [0.717, 1.165) is 12.1 Å². The number of rotatable bonds is 5. The fourth-order valence-electron chi connectivity index (χ4n) is 2.09. The molecule has 3 rings (SSSR count). The highest BCUT2D eigenvalue weighted by Gasteiger charge is 2.19. The molecule has 0 bridgehead atoms. The Hall–Kier alpha value is -2.81. The number of aromatic nitrogens is 2. The zero-order chi connectivity index (χ0) is 17.2. The van der Waals surface area contributed by atoms with Gasteiger partial charge in [0.05, 0.1) is 16.0 Å². The first-order chi connectivity index (χ1) is 11.5. The van der Waals surface area contributed by atoms with Crippen molar-refractivity contribution < 1.29 is 22.1 Å². The summed E-state index contributed by atoms with van der Waals surface area (Å²) in [6.07, 6.45) is 1.52. The van der Waals surface area contributed by atoms with Gasteiger partial charge in [0.2, 0.25) is 11.4 Å². The molecule has 0 aliphatic rings. The Morgan fingerprint density at radius 1 is 1.21 bits per heavy atom. The van der Waals surface area contributed by atoms with E-state index in [1.54, 1.807) is 12.1 Å². The Balaban J connectivity index is 1.65. The smallest absolute Gasteiger partial charge is 0.290 e. The van der Waals surface area contributed by atoms with Crippen LogP contribution in [0.1, 0.15) is 10.6 Å². The summed E-state index contributed by atoms with van der Waals surface area (Å²) in [5.74, 6) is -1.46. The van der Waals surface area contributed by atoms with Crippen molar-refractivity contribution in [1.29, 1.82) is 0 Å². The van der Waals surface area contributed by atoms with Gasteiger partial charge in [0, 0.05) is 12.7 Å². The van der Waals surface area contributed by atoms with Crippen LogP contribution in [0.3, 0.4) is 0 Å². The lowest BCUT2D eigenvalue weighted by Gasteiger charge is -2.05. The maximum atomic E-state index is 12.8. The van der Waals surface area contributed by atoms with Crippen LogP contribution in [0.25, 0.3) is 11.0 Å². The molecular weight excluding hydrogens is 337 g/mol. The quantitative estimate of drug-likeness (QED) is 0.702. The summed E-state index contributed by atoms with van der Waals surface area (Å²) in [4.78, 5) is 16.0. The molecule has 24 heavy (non-hydrogen) atoms. The Labute approximate surface area is 136 Å². The minimum atomic E-state index is -3.62. The molecule has 1 amide bonds. The Morgan fingerprint density at radius 3 is 2.71 bits per heavy atom. The zero-order valence-corrected chi connectivity index (χ0v) is 13.1. The van der Waals surface area contributed by atoms with Crippen molar-refractivity contribution in [1.82, 2.24) is 15.5 Å². The number of nitrogens with one attached hydrogen (secondary N) is 1. The SMILES string of the molecule is O=C(NCCS(=O)(=O)c1ccc(F)cc1)c1onc2ncccc12. The van der Waals surface area contributed by atoms with E-state index in [2.05, 4.69) is 15.5 Å². The second-order valence-electron chi connectivity index (χ2n) is 4.91. The molecule has 0 saturated heterocycles. The number of halogens is 1. The average molecular weight is 349 g/mol. The molecule has 0 fully saturated rings. The van der Waals surface area contributed by atoms with Crippen LogP contribution in [0.4, 0.5) is 4.39 Å². The molecule has 0 unspecified atom stereocenters. The van der Waals surface area contributed by atoms with E-state index >= 15 is 0 Å². The molecule has 2 aromatic heterocycles. The molecular formula is C15H12FN3O4S. The second-order valence-corrected chi connectivity index (χ2v) is 7.02. The third-order valence-electron chi connectivity index (χ3n) is 3.29. The molecule has 7 nitrogen and oxygen atoms in total. The number of nitrogens with zero attached hydrogens (tertiary/aromatic N) is 2. The number of benzene rings is 1. The van der Waals surface area contributed by atoms with Crippen molar-refractivity contribution in [2.45, 2.75) is 4.90 Å². The lowest BCUT2D eigenvalue weighted by Crippen LogP contribution is -2.29. The molecule has 2 heterocycles. The summed E-state index contributed by atoms with van der Waals surface area (Å²) in [5, 5.41) is 6.55.